The Labute approximate surface area is 94.2 Å². The van der Waals surface area contributed by atoms with Crippen molar-refractivity contribution >= 4 is 6.21 Å². The third-order valence-corrected chi connectivity index (χ3v) is 2.20. The van der Waals surface area contributed by atoms with Gasteiger partial charge in [0.15, 0.2) is 0 Å². The smallest absolute Gasteiger partial charge is 0.125 e. The summed E-state index contributed by atoms with van der Waals surface area (Å²) in [6.07, 6.45) is 0.798. The van der Waals surface area contributed by atoms with E-state index in [1.54, 1.807) is 32.4 Å². The van der Waals surface area contributed by atoms with Gasteiger partial charge in [-0.15, -0.1) is 0 Å². The Hall–Kier alpha value is -1.75. The summed E-state index contributed by atoms with van der Waals surface area (Å²) in [4.78, 5) is 0. The van der Waals surface area contributed by atoms with Gasteiger partial charge in [0, 0.05) is 12.7 Å². The second kappa shape index (κ2) is 5.97. The van der Waals surface area contributed by atoms with Crippen LogP contribution in [0.4, 0.5) is 0 Å². The largest absolute Gasteiger partial charge is 0.497 e. The minimum atomic E-state index is -0.477. The molecule has 1 N–H and O–H groups in total. The van der Waals surface area contributed by atoms with Crippen molar-refractivity contribution in [2.45, 2.75) is 6.10 Å². The molecule has 0 unspecified atom stereocenters. The Morgan fingerprint density at radius 2 is 2.00 bits per heavy atom. The van der Waals surface area contributed by atoms with Gasteiger partial charge in [-0.2, -0.15) is 0 Å². The lowest BCUT2D eigenvalue weighted by molar-refractivity contribution is 0.154. The van der Waals surface area contributed by atoms with Crippen LogP contribution in [0, 0.1) is 0 Å². The molecule has 0 saturated heterocycles. The van der Waals surface area contributed by atoms with Crippen LogP contribution in [-0.2, 0) is 4.74 Å². The summed E-state index contributed by atoms with van der Waals surface area (Å²) in [5, 5.41) is 11.5. The van der Waals surface area contributed by atoms with E-state index < -0.39 is 6.10 Å². The fourth-order valence-corrected chi connectivity index (χ4v) is 1.39. The van der Waals surface area contributed by atoms with Crippen molar-refractivity contribution in [2.24, 2.45) is 5.16 Å². The van der Waals surface area contributed by atoms with Crippen LogP contribution >= 0.6 is 0 Å². The molecule has 1 rings (SSSR count). The molecule has 0 bridgehead atoms. The molecule has 0 heterocycles. The van der Waals surface area contributed by atoms with Gasteiger partial charge in [0.1, 0.15) is 17.6 Å². The Bertz CT molecular complexity index is 365. The van der Waals surface area contributed by atoms with Gasteiger partial charge in [-0.3, -0.25) is 0 Å². The second-order valence-electron chi connectivity index (χ2n) is 3.03. The number of ether oxygens (including phenoxy) is 3. The van der Waals surface area contributed by atoms with Gasteiger partial charge in [0.25, 0.3) is 0 Å². The zero-order valence-electron chi connectivity index (χ0n) is 9.51. The van der Waals surface area contributed by atoms with Crippen molar-refractivity contribution in [3.8, 4) is 11.5 Å². The number of methoxy groups -OCH3 is 3. The molecule has 0 aliphatic carbocycles. The molecule has 1 aromatic rings. The summed E-state index contributed by atoms with van der Waals surface area (Å²) in [6, 6.07) is 5.32. The maximum Gasteiger partial charge on any atom is 0.125 e. The van der Waals surface area contributed by atoms with Gasteiger partial charge in [0.05, 0.1) is 20.4 Å². The average molecular weight is 225 g/mol. The lowest BCUT2D eigenvalue weighted by Crippen LogP contribution is -2.05. The van der Waals surface area contributed by atoms with E-state index in [-0.39, 0.29) is 0 Å². The SMILES string of the molecule is COc1ccc(OC)c([C@@H](/C=N/O)OC)c1. The molecule has 0 saturated carbocycles. The molecule has 0 aliphatic heterocycles. The summed E-state index contributed by atoms with van der Waals surface area (Å²) >= 11 is 0. The second-order valence-corrected chi connectivity index (χ2v) is 3.03. The zero-order chi connectivity index (χ0) is 12.0. The van der Waals surface area contributed by atoms with Gasteiger partial charge >= 0.3 is 0 Å². The van der Waals surface area contributed by atoms with Crippen LogP contribution in [0.3, 0.4) is 0 Å². The van der Waals surface area contributed by atoms with Crippen molar-refractivity contribution in [1.29, 1.82) is 0 Å². The van der Waals surface area contributed by atoms with Crippen LogP contribution in [0.25, 0.3) is 0 Å². The third kappa shape index (κ3) is 2.64. The zero-order valence-corrected chi connectivity index (χ0v) is 9.51. The van der Waals surface area contributed by atoms with Crippen LogP contribution in [0.1, 0.15) is 11.7 Å². The van der Waals surface area contributed by atoms with Crippen molar-refractivity contribution in [3.05, 3.63) is 23.8 Å². The topological polar surface area (TPSA) is 60.3 Å². The normalized spacial score (nSPS) is 12.7. The first-order chi connectivity index (χ1) is 7.76. The molecular formula is C11H15NO4. The van der Waals surface area contributed by atoms with E-state index in [2.05, 4.69) is 5.16 Å². The number of oxime groups is 1. The highest BCUT2D eigenvalue weighted by Crippen LogP contribution is 2.30. The van der Waals surface area contributed by atoms with Gasteiger partial charge in [-0.25, -0.2) is 0 Å². The summed E-state index contributed by atoms with van der Waals surface area (Å²) in [5.74, 6) is 1.33. The third-order valence-electron chi connectivity index (χ3n) is 2.20. The molecule has 5 nitrogen and oxygen atoms in total. The summed E-state index contributed by atoms with van der Waals surface area (Å²) in [6.45, 7) is 0. The van der Waals surface area contributed by atoms with E-state index in [0.29, 0.717) is 11.5 Å². The van der Waals surface area contributed by atoms with Crippen molar-refractivity contribution in [2.75, 3.05) is 21.3 Å². The highest BCUT2D eigenvalue weighted by molar-refractivity contribution is 5.67. The summed E-state index contributed by atoms with van der Waals surface area (Å²) in [7, 11) is 4.66. The Morgan fingerprint density at radius 1 is 1.25 bits per heavy atom. The fourth-order valence-electron chi connectivity index (χ4n) is 1.39. The van der Waals surface area contributed by atoms with Gasteiger partial charge in [-0.05, 0) is 18.2 Å². The number of hydrogen-bond donors (Lipinski definition) is 1. The van der Waals surface area contributed by atoms with Crippen LogP contribution < -0.4 is 9.47 Å². The maximum atomic E-state index is 8.54. The molecule has 5 heteroatoms. The minimum Gasteiger partial charge on any atom is -0.497 e. The average Bonchev–Trinajstić information content (AvgIpc) is 2.35. The van der Waals surface area contributed by atoms with Crippen LogP contribution in [0.2, 0.25) is 0 Å². The highest BCUT2D eigenvalue weighted by Gasteiger charge is 2.14. The van der Waals surface area contributed by atoms with Crippen molar-refractivity contribution in [1.82, 2.24) is 0 Å². The first-order valence-corrected chi connectivity index (χ1v) is 4.69. The van der Waals surface area contributed by atoms with Crippen molar-refractivity contribution in [3.63, 3.8) is 0 Å². The number of nitrogens with zero attached hydrogens (tertiary/aromatic N) is 1. The van der Waals surface area contributed by atoms with E-state index >= 15 is 0 Å². The number of benzene rings is 1. The monoisotopic (exact) mass is 225 g/mol. The first kappa shape index (κ1) is 12.3. The molecule has 0 spiro atoms. The predicted octanol–water partition coefficient (Wildman–Crippen LogP) is 1.85. The molecule has 16 heavy (non-hydrogen) atoms. The van der Waals surface area contributed by atoms with Crippen LogP contribution in [-0.4, -0.2) is 32.8 Å². The lowest BCUT2D eigenvalue weighted by atomic mass is 10.1. The quantitative estimate of drug-likeness (QED) is 0.472. The van der Waals surface area contributed by atoms with Crippen LogP contribution in [0.5, 0.6) is 11.5 Å². The molecule has 0 amide bonds. The lowest BCUT2D eigenvalue weighted by Gasteiger charge is -2.15. The fraction of sp³-hybridized carbons (Fsp3) is 0.364. The molecule has 0 fully saturated rings. The summed E-state index contributed by atoms with van der Waals surface area (Å²) in [5.41, 5.74) is 0.738. The Balaban J connectivity index is 3.15. The van der Waals surface area contributed by atoms with Crippen molar-refractivity contribution < 1.29 is 19.4 Å². The van der Waals surface area contributed by atoms with E-state index in [9.17, 15) is 0 Å². The van der Waals surface area contributed by atoms with Gasteiger partial charge < -0.3 is 19.4 Å². The highest BCUT2D eigenvalue weighted by atomic mass is 16.5. The molecule has 1 aromatic carbocycles. The maximum absolute atomic E-state index is 8.54. The molecular weight excluding hydrogens is 210 g/mol. The first-order valence-electron chi connectivity index (χ1n) is 4.69. The standard InChI is InChI=1S/C11H15NO4/c1-14-8-4-5-10(15-2)9(6-8)11(16-3)7-12-13/h4-7,11,13H,1-3H3/b12-7+/t11-/m1/s1. The summed E-state index contributed by atoms with van der Waals surface area (Å²) < 4.78 is 15.5. The Kier molecular flexibility index (Phi) is 4.60. The molecule has 0 radical (unpaired) electrons. The molecule has 88 valence electrons. The molecule has 0 aromatic heterocycles. The molecule has 1 atom stereocenters. The number of hydrogen-bond acceptors (Lipinski definition) is 5. The Morgan fingerprint density at radius 3 is 2.50 bits per heavy atom. The predicted molar refractivity (Wildman–Crippen MR) is 59.6 cm³/mol. The molecule has 0 aliphatic rings. The van der Waals surface area contributed by atoms with E-state index in [4.69, 9.17) is 19.4 Å². The van der Waals surface area contributed by atoms with Gasteiger partial charge in [-0.1, -0.05) is 5.16 Å². The van der Waals surface area contributed by atoms with E-state index in [1.807, 2.05) is 0 Å². The van der Waals surface area contributed by atoms with Gasteiger partial charge in [0.2, 0.25) is 0 Å². The minimum absolute atomic E-state index is 0.477. The number of rotatable bonds is 5. The van der Waals surface area contributed by atoms with E-state index in [1.165, 1.54) is 13.3 Å². The van der Waals surface area contributed by atoms with E-state index in [0.717, 1.165) is 5.56 Å². The van der Waals surface area contributed by atoms with Crippen LogP contribution in [0.15, 0.2) is 23.4 Å².